The van der Waals surface area contributed by atoms with Crippen LogP contribution in [-0.2, 0) is 26.2 Å². The van der Waals surface area contributed by atoms with Crippen LogP contribution in [0.25, 0.3) is 0 Å². The molecular weight excluding hydrogens is 513 g/mol. The molecular formula is C24H31Cl2N3O5S. The van der Waals surface area contributed by atoms with E-state index < -0.39 is 28.5 Å². The van der Waals surface area contributed by atoms with Crippen molar-refractivity contribution in [2.75, 3.05) is 30.8 Å². The van der Waals surface area contributed by atoms with Gasteiger partial charge in [0.05, 0.1) is 19.1 Å². The molecule has 11 heteroatoms. The van der Waals surface area contributed by atoms with Gasteiger partial charge in [0, 0.05) is 28.7 Å². The number of hydrogen-bond acceptors (Lipinski definition) is 5. The van der Waals surface area contributed by atoms with Crippen LogP contribution in [0.3, 0.4) is 0 Å². The Kier molecular flexibility index (Phi) is 10.2. The molecule has 2 amide bonds. The van der Waals surface area contributed by atoms with Gasteiger partial charge in [-0.3, -0.25) is 13.9 Å². The average molecular weight is 545 g/mol. The Morgan fingerprint density at radius 1 is 1.03 bits per heavy atom. The second-order valence-electron chi connectivity index (χ2n) is 8.50. The number of ether oxygens (including phenoxy) is 1. The van der Waals surface area contributed by atoms with Crippen LogP contribution >= 0.6 is 23.2 Å². The molecule has 0 aromatic heterocycles. The molecule has 35 heavy (non-hydrogen) atoms. The van der Waals surface area contributed by atoms with Crippen LogP contribution in [-0.4, -0.2) is 57.6 Å². The Morgan fingerprint density at radius 3 is 2.09 bits per heavy atom. The van der Waals surface area contributed by atoms with Crippen molar-refractivity contribution in [2.45, 2.75) is 33.4 Å². The molecule has 2 rings (SSSR count). The molecule has 0 fully saturated rings. The summed E-state index contributed by atoms with van der Waals surface area (Å²) in [5.74, 6) is -0.205. The molecule has 0 bridgehead atoms. The number of anilines is 1. The zero-order chi connectivity index (χ0) is 26.3. The van der Waals surface area contributed by atoms with E-state index in [0.717, 1.165) is 10.6 Å². The highest BCUT2D eigenvalue weighted by Gasteiger charge is 2.31. The minimum absolute atomic E-state index is 0.0756. The summed E-state index contributed by atoms with van der Waals surface area (Å²) >= 11 is 12.7. The van der Waals surface area contributed by atoms with Crippen molar-refractivity contribution in [3.8, 4) is 5.75 Å². The molecule has 8 nitrogen and oxygen atoms in total. The first-order valence-corrected chi connectivity index (χ1v) is 13.6. The molecule has 0 spiro atoms. The molecule has 0 radical (unpaired) electrons. The fraction of sp³-hybridized carbons (Fsp3) is 0.417. The van der Waals surface area contributed by atoms with E-state index in [1.54, 1.807) is 49.4 Å². The minimum atomic E-state index is -3.83. The Balaban J connectivity index is 2.42. The monoisotopic (exact) mass is 543 g/mol. The first kappa shape index (κ1) is 28.7. The van der Waals surface area contributed by atoms with Crippen LogP contribution in [0.2, 0.25) is 10.0 Å². The van der Waals surface area contributed by atoms with Crippen molar-refractivity contribution in [3.05, 3.63) is 58.1 Å². The topological polar surface area (TPSA) is 96.0 Å². The second-order valence-corrected chi connectivity index (χ2v) is 11.2. The largest absolute Gasteiger partial charge is 0.497 e. The normalized spacial score (nSPS) is 12.2. The van der Waals surface area contributed by atoms with E-state index in [0.29, 0.717) is 27.9 Å². The molecule has 2 aromatic carbocycles. The number of benzene rings is 2. The maximum atomic E-state index is 13.5. The third kappa shape index (κ3) is 8.02. The van der Waals surface area contributed by atoms with Crippen LogP contribution in [0.1, 0.15) is 26.3 Å². The van der Waals surface area contributed by atoms with Gasteiger partial charge in [-0.1, -0.05) is 43.1 Å². The van der Waals surface area contributed by atoms with Crippen molar-refractivity contribution in [3.63, 3.8) is 0 Å². The van der Waals surface area contributed by atoms with Gasteiger partial charge < -0.3 is 15.0 Å². The van der Waals surface area contributed by atoms with Crippen molar-refractivity contribution < 1.29 is 22.7 Å². The van der Waals surface area contributed by atoms with E-state index >= 15 is 0 Å². The van der Waals surface area contributed by atoms with Gasteiger partial charge in [-0.15, -0.1) is 0 Å². The molecule has 192 valence electrons. The zero-order valence-electron chi connectivity index (χ0n) is 20.4. The first-order valence-electron chi connectivity index (χ1n) is 11.0. The smallest absolute Gasteiger partial charge is 0.244 e. The lowest BCUT2D eigenvalue weighted by atomic mass is 10.1. The average Bonchev–Trinajstić information content (AvgIpc) is 2.79. The lowest BCUT2D eigenvalue weighted by molar-refractivity contribution is -0.139. The van der Waals surface area contributed by atoms with E-state index in [9.17, 15) is 18.0 Å². The van der Waals surface area contributed by atoms with Crippen LogP contribution < -0.4 is 14.4 Å². The highest BCUT2D eigenvalue weighted by atomic mass is 35.5. The van der Waals surface area contributed by atoms with Gasteiger partial charge in [0.2, 0.25) is 21.8 Å². The van der Waals surface area contributed by atoms with Crippen LogP contribution in [0, 0.1) is 5.92 Å². The van der Waals surface area contributed by atoms with Crippen molar-refractivity contribution >= 4 is 50.7 Å². The summed E-state index contributed by atoms with van der Waals surface area (Å²) in [5.41, 5.74) is 0.748. The van der Waals surface area contributed by atoms with Crippen molar-refractivity contribution in [2.24, 2.45) is 5.92 Å². The fourth-order valence-corrected chi connectivity index (χ4v) is 4.62. The van der Waals surface area contributed by atoms with Gasteiger partial charge >= 0.3 is 0 Å². The molecule has 0 saturated heterocycles. The van der Waals surface area contributed by atoms with Gasteiger partial charge in [-0.25, -0.2) is 8.42 Å². The molecule has 0 aliphatic carbocycles. The first-order chi connectivity index (χ1) is 16.3. The maximum absolute atomic E-state index is 13.5. The summed E-state index contributed by atoms with van der Waals surface area (Å²) in [6.45, 7) is 5.32. The Labute approximate surface area is 217 Å². The van der Waals surface area contributed by atoms with Gasteiger partial charge in [0.25, 0.3) is 0 Å². The Morgan fingerprint density at radius 2 is 1.60 bits per heavy atom. The quantitative estimate of drug-likeness (QED) is 0.462. The zero-order valence-corrected chi connectivity index (χ0v) is 22.7. The number of carbonyl (C=O) groups is 2. The van der Waals surface area contributed by atoms with E-state index in [2.05, 4.69) is 5.32 Å². The molecule has 0 aliphatic rings. The van der Waals surface area contributed by atoms with Gasteiger partial charge in [0.1, 0.15) is 18.3 Å². The summed E-state index contributed by atoms with van der Waals surface area (Å²) in [4.78, 5) is 27.7. The minimum Gasteiger partial charge on any atom is -0.497 e. The fourth-order valence-electron chi connectivity index (χ4n) is 3.25. The Bertz CT molecular complexity index is 1120. The number of rotatable bonds is 11. The second kappa shape index (κ2) is 12.5. The molecule has 0 saturated carbocycles. The Hall–Kier alpha value is -2.49. The standard InChI is InChI=1S/C24H31Cl2N3O5S/c1-16(2)13-27-24(31)17(3)28(14-20-21(25)7-6-8-22(20)26)23(30)15-29(35(5,32)33)18-9-11-19(34-4)12-10-18/h6-12,16-17H,13-15H2,1-5H3,(H,27,31)/t17-/m1/s1. The molecule has 0 unspecified atom stereocenters. The number of nitrogens with one attached hydrogen (secondary N) is 1. The number of halogens is 2. The van der Waals surface area contributed by atoms with Crippen LogP contribution in [0.15, 0.2) is 42.5 Å². The summed E-state index contributed by atoms with van der Waals surface area (Å²) < 4.78 is 31.3. The number of carbonyl (C=O) groups excluding carboxylic acids is 2. The molecule has 1 atom stereocenters. The van der Waals surface area contributed by atoms with E-state index in [1.165, 1.54) is 12.0 Å². The lowest BCUT2D eigenvalue weighted by Crippen LogP contribution is -2.51. The van der Waals surface area contributed by atoms with Gasteiger partial charge in [-0.05, 0) is 49.2 Å². The number of amides is 2. The number of hydrogen-bond donors (Lipinski definition) is 1. The van der Waals surface area contributed by atoms with Gasteiger partial charge in [0.15, 0.2) is 0 Å². The number of sulfonamides is 1. The van der Waals surface area contributed by atoms with E-state index in [-0.39, 0.29) is 24.1 Å². The summed E-state index contributed by atoms with van der Waals surface area (Å²) in [6.07, 6.45) is 1.01. The van der Waals surface area contributed by atoms with Crippen molar-refractivity contribution in [1.29, 1.82) is 0 Å². The predicted molar refractivity (Wildman–Crippen MR) is 140 cm³/mol. The molecule has 2 aromatic rings. The van der Waals surface area contributed by atoms with Crippen LogP contribution in [0.5, 0.6) is 5.75 Å². The number of methoxy groups -OCH3 is 1. The van der Waals surface area contributed by atoms with E-state index in [4.69, 9.17) is 27.9 Å². The molecule has 0 heterocycles. The maximum Gasteiger partial charge on any atom is 0.244 e. The molecule has 0 aliphatic heterocycles. The third-order valence-electron chi connectivity index (χ3n) is 5.28. The SMILES string of the molecule is COc1ccc(N(CC(=O)N(Cc2c(Cl)cccc2Cl)[C@H](C)C(=O)NCC(C)C)S(C)(=O)=O)cc1. The predicted octanol–water partition coefficient (Wildman–Crippen LogP) is 3.96. The molecule has 1 N–H and O–H groups in total. The summed E-state index contributed by atoms with van der Waals surface area (Å²) in [6, 6.07) is 10.3. The van der Waals surface area contributed by atoms with Crippen molar-refractivity contribution in [1.82, 2.24) is 10.2 Å². The summed E-state index contributed by atoms with van der Waals surface area (Å²) in [5, 5.41) is 3.48. The third-order valence-corrected chi connectivity index (χ3v) is 7.13. The van der Waals surface area contributed by atoms with E-state index in [1.807, 2.05) is 13.8 Å². The number of nitrogens with zero attached hydrogens (tertiary/aromatic N) is 2. The highest BCUT2D eigenvalue weighted by Crippen LogP contribution is 2.27. The van der Waals surface area contributed by atoms with Gasteiger partial charge in [-0.2, -0.15) is 0 Å². The highest BCUT2D eigenvalue weighted by molar-refractivity contribution is 7.92. The van der Waals surface area contributed by atoms with Crippen LogP contribution in [0.4, 0.5) is 5.69 Å². The summed E-state index contributed by atoms with van der Waals surface area (Å²) in [7, 11) is -2.33. The lowest BCUT2D eigenvalue weighted by Gasteiger charge is -2.32.